The summed E-state index contributed by atoms with van der Waals surface area (Å²) in [6.45, 7) is 6.36. The topological polar surface area (TPSA) is 79.7 Å². The van der Waals surface area contributed by atoms with E-state index in [2.05, 4.69) is 42.4 Å². The van der Waals surface area contributed by atoms with E-state index in [0.717, 1.165) is 22.9 Å². The SMILES string of the molecule is Cc1ccc2c(c1)CCN(C(=O)Cc1ccc3oc([C@@H](O)c4c(C)noc4C)cc3c1)C2c1ccccc1. The van der Waals surface area contributed by atoms with Crippen molar-refractivity contribution >= 4 is 16.9 Å². The van der Waals surface area contributed by atoms with E-state index >= 15 is 0 Å². The third-order valence-electron chi connectivity index (χ3n) is 7.55. The molecule has 0 saturated heterocycles. The van der Waals surface area contributed by atoms with Crippen LogP contribution in [0.2, 0.25) is 0 Å². The summed E-state index contributed by atoms with van der Waals surface area (Å²) in [5.74, 6) is 1.07. The minimum atomic E-state index is -0.970. The standard InChI is InChI=1S/C32H30N2O4/c1-19-9-11-26-24(15-19)13-14-34(31(26)23-7-5-4-6-8-23)29(35)17-22-10-12-27-25(16-22)18-28(37-27)32(36)30-20(2)33-38-21(30)3/h4-12,15-16,18,31-32,36H,13-14,17H2,1-3H3/t31?,32-/m1/s1. The zero-order valence-electron chi connectivity index (χ0n) is 21.8. The van der Waals surface area contributed by atoms with E-state index in [4.69, 9.17) is 8.94 Å². The van der Waals surface area contributed by atoms with Crippen molar-refractivity contribution in [2.45, 2.75) is 45.8 Å². The number of hydrogen-bond donors (Lipinski definition) is 1. The molecule has 1 N–H and O–H groups in total. The number of rotatable bonds is 5. The molecule has 5 aromatic rings. The number of carbonyl (C=O) groups is 1. The lowest BCUT2D eigenvalue weighted by atomic mass is 9.87. The average molecular weight is 507 g/mol. The summed E-state index contributed by atoms with van der Waals surface area (Å²) in [7, 11) is 0. The van der Waals surface area contributed by atoms with E-state index in [1.807, 2.05) is 47.4 Å². The highest BCUT2D eigenvalue weighted by Gasteiger charge is 2.32. The molecule has 0 saturated carbocycles. The molecule has 2 aromatic heterocycles. The molecule has 6 nitrogen and oxygen atoms in total. The van der Waals surface area contributed by atoms with E-state index in [0.29, 0.717) is 34.9 Å². The number of aliphatic hydroxyl groups is 1. The normalized spacial score (nSPS) is 16.0. The van der Waals surface area contributed by atoms with Crippen LogP contribution in [-0.2, 0) is 17.6 Å². The first-order valence-corrected chi connectivity index (χ1v) is 13.0. The van der Waals surface area contributed by atoms with Gasteiger partial charge in [0, 0.05) is 11.9 Å². The van der Waals surface area contributed by atoms with Crippen molar-refractivity contribution in [3.63, 3.8) is 0 Å². The van der Waals surface area contributed by atoms with Gasteiger partial charge in [-0.3, -0.25) is 4.79 Å². The van der Waals surface area contributed by atoms with E-state index < -0.39 is 6.10 Å². The summed E-state index contributed by atoms with van der Waals surface area (Å²) in [4.78, 5) is 15.8. The minimum Gasteiger partial charge on any atom is -0.458 e. The summed E-state index contributed by atoms with van der Waals surface area (Å²) in [5.41, 5.74) is 7.68. The highest BCUT2D eigenvalue weighted by Crippen LogP contribution is 2.36. The largest absolute Gasteiger partial charge is 0.458 e. The van der Waals surface area contributed by atoms with Crippen molar-refractivity contribution in [2.75, 3.05) is 6.54 Å². The molecule has 0 fully saturated rings. The number of benzene rings is 3. The Bertz CT molecular complexity index is 1610. The van der Waals surface area contributed by atoms with Crippen LogP contribution in [0.3, 0.4) is 0 Å². The van der Waals surface area contributed by atoms with Crippen LogP contribution in [-0.4, -0.2) is 27.6 Å². The van der Waals surface area contributed by atoms with Crippen molar-refractivity contribution in [3.8, 4) is 0 Å². The number of aliphatic hydroxyl groups excluding tert-OH is 1. The molecule has 6 heteroatoms. The fourth-order valence-electron chi connectivity index (χ4n) is 5.68. The van der Waals surface area contributed by atoms with Gasteiger partial charge in [0.05, 0.1) is 23.7 Å². The van der Waals surface area contributed by atoms with Crippen molar-refractivity contribution in [2.24, 2.45) is 0 Å². The van der Waals surface area contributed by atoms with Gasteiger partial charge >= 0.3 is 0 Å². The quantitative estimate of drug-likeness (QED) is 0.310. The number of nitrogens with zero attached hydrogens (tertiary/aromatic N) is 2. The zero-order chi connectivity index (χ0) is 26.4. The molecule has 1 aliphatic heterocycles. The van der Waals surface area contributed by atoms with Gasteiger partial charge < -0.3 is 18.9 Å². The second-order valence-corrected chi connectivity index (χ2v) is 10.2. The Balaban J connectivity index is 1.28. The Labute approximate surface area is 221 Å². The highest BCUT2D eigenvalue weighted by atomic mass is 16.5. The number of aromatic nitrogens is 1. The van der Waals surface area contributed by atoms with Gasteiger partial charge in [0.15, 0.2) is 0 Å². The lowest BCUT2D eigenvalue weighted by Gasteiger charge is -2.38. The molecule has 0 radical (unpaired) electrons. The lowest BCUT2D eigenvalue weighted by molar-refractivity contribution is -0.132. The second kappa shape index (κ2) is 9.62. The summed E-state index contributed by atoms with van der Waals surface area (Å²) >= 11 is 0. The molecule has 0 spiro atoms. The number of furan rings is 1. The van der Waals surface area contributed by atoms with Crippen LogP contribution < -0.4 is 0 Å². The molecule has 1 aliphatic rings. The molecule has 0 aliphatic carbocycles. The Morgan fingerprint density at radius 2 is 1.87 bits per heavy atom. The van der Waals surface area contributed by atoms with E-state index in [-0.39, 0.29) is 18.4 Å². The maximum Gasteiger partial charge on any atom is 0.227 e. The number of hydrogen-bond acceptors (Lipinski definition) is 5. The summed E-state index contributed by atoms with van der Waals surface area (Å²) in [6.07, 6.45) is 0.158. The smallest absolute Gasteiger partial charge is 0.227 e. The molecular formula is C32H30N2O4. The predicted molar refractivity (Wildman–Crippen MR) is 145 cm³/mol. The molecule has 2 atom stereocenters. The monoisotopic (exact) mass is 506 g/mol. The number of aryl methyl sites for hydroxylation is 3. The van der Waals surface area contributed by atoms with Gasteiger partial charge in [-0.2, -0.15) is 0 Å². The van der Waals surface area contributed by atoms with Gasteiger partial charge in [0.1, 0.15) is 23.2 Å². The van der Waals surface area contributed by atoms with Crippen LogP contribution in [0.5, 0.6) is 0 Å². The Morgan fingerprint density at radius 1 is 1.05 bits per heavy atom. The van der Waals surface area contributed by atoms with Gasteiger partial charge in [0.2, 0.25) is 5.91 Å². The molecule has 3 aromatic carbocycles. The fraction of sp³-hybridized carbons (Fsp3) is 0.250. The maximum atomic E-state index is 13.8. The Morgan fingerprint density at radius 3 is 2.63 bits per heavy atom. The molecule has 1 unspecified atom stereocenters. The van der Waals surface area contributed by atoms with Crippen LogP contribution in [0.25, 0.3) is 11.0 Å². The zero-order valence-corrected chi connectivity index (χ0v) is 21.8. The van der Waals surface area contributed by atoms with Crippen molar-refractivity contribution < 1.29 is 18.8 Å². The summed E-state index contributed by atoms with van der Waals surface area (Å²) in [5, 5.41) is 15.7. The summed E-state index contributed by atoms with van der Waals surface area (Å²) in [6, 6.07) is 24.3. The lowest BCUT2D eigenvalue weighted by Crippen LogP contribution is -2.41. The number of fused-ring (bicyclic) bond motifs is 2. The van der Waals surface area contributed by atoms with Crippen LogP contribution in [0.4, 0.5) is 0 Å². The molecule has 1 amide bonds. The third-order valence-corrected chi connectivity index (χ3v) is 7.55. The van der Waals surface area contributed by atoms with Gasteiger partial charge in [-0.05, 0) is 67.6 Å². The summed E-state index contributed by atoms with van der Waals surface area (Å²) < 4.78 is 11.2. The first-order valence-electron chi connectivity index (χ1n) is 13.0. The van der Waals surface area contributed by atoms with Crippen LogP contribution in [0.15, 0.2) is 81.7 Å². The predicted octanol–water partition coefficient (Wildman–Crippen LogP) is 6.14. The molecule has 38 heavy (non-hydrogen) atoms. The molecule has 192 valence electrons. The van der Waals surface area contributed by atoms with E-state index in [9.17, 15) is 9.90 Å². The van der Waals surface area contributed by atoms with Crippen LogP contribution >= 0.6 is 0 Å². The number of carbonyl (C=O) groups excluding carboxylic acids is 1. The van der Waals surface area contributed by atoms with Gasteiger partial charge in [-0.1, -0.05) is 65.3 Å². The van der Waals surface area contributed by atoms with Crippen molar-refractivity contribution in [3.05, 3.63) is 123 Å². The fourth-order valence-corrected chi connectivity index (χ4v) is 5.68. The average Bonchev–Trinajstić information content (AvgIpc) is 3.50. The minimum absolute atomic E-state index is 0.0869. The van der Waals surface area contributed by atoms with Crippen molar-refractivity contribution in [1.82, 2.24) is 10.1 Å². The molecule has 6 rings (SSSR count). The van der Waals surface area contributed by atoms with Crippen molar-refractivity contribution in [1.29, 1.82) is 0 Å². The molecule has 3 heterocycles. The highest BCUT2D eigenvalue weighted by molar-refractivity contribution is 5.84. The Hall–Kier alpha value is -4.16. The van der Waals surface area contributed by atoms with Gasteiger partial charge in [-0.15, -0.1) is 0 Å². The van der Waals surface area contributed by atoms with Crippen LogP contribution in [0, 0.1) is 20.8 Å². The van der Waals surface area contributed by atoms with E-state index in [1.54, 1.807) is 13.8 Å². The van der Waals surface area contributed by atoms with E-state index in [1.165, 1.54) is 16.7 Å². The first-order chi connectivity index (χ1) is 18.4. The van der Waals surface area contributed by atoms with Crippen LogP contribution in [0.1, 0.15) is 62.7 Å². The third kappa shape index (κ3) is 4.31. The first kappa shape index (κ1) is 24.2. The Kier molecular flexibility index (Phi) is 6.12. The van der Waals surface area contributed by atoms with Gasteiger partial charge in [0.25, 0.3) is 0 Å². The number of amides is 1. The maximum absolute atomic E-state index is 13.8. The molecule has 0 bridgehead atoms. The molecular weight excluding hydrogens is 476 g/mol. The second-order valence-electron chi connectivity index (χ2n) is 10.2. The van der Waals surface area contributed by atoms with Gasteiger partial charge in [-0.25, -0.2) is 0 Å².